The molecule has 0 aliphatic rings. The van der Waals surface area contributed by atoms with Crippen LogP contribution in [0.15, 0.2) is 30.5 Å². The molecule has 0 aliphatic carbocycles. The first-order valence-electron chi connectivity index (χ1n) is 6.08. The predicted octanol–water partition coefficient (Wildman–Crippen LogP) is 2.17. The van der Waals surface area contributed by atoms with Crippen LogP contribution in [0, 0.1) is 10.1 Å². The second-order valence-electron chi connectivity index (χ2n) is 4.14. The topological polar surface area (TPSA) is 94.7 Å². The molecule has 0 saturated carbocycles. The Morgan fingerprint density at radius 3 is 2.67 bits per heavy atom. The molecule has 7 heteroatoms. The minimum atomic E-state index is -0.542. The largest absolute Gasteiger partial charge is 0.493 e. The van der Waals surface area contributed by atoms with Gasteiger partial charge in [-0.15, -0.1) is 0 Å². The number of hydrogen-bond acceptors (Lipinski definition) is 6. The second kappa shape index (κ2) is 6.19. The lowest BCUT2D eigenvalue weighted by atomic mass is 10.0. The van der Waals surface area contributed by atoms with E-state index in [0.29, 0.717) is 16.8 Å². The average molecular weight is 290 g/mol. The number of nitro groups is 1. The fraction of sp³-hybridized carbons (Fsp3) is 0.214. The Morgan fingerprint density at radius 1 is 1.33 bits per heavy atom. The third-order valence-corrected chi connectivity index (χ3v) is 3.01. The van der Waals surface area contributed by atoms with Crippen LogP contribution in [0.2, 0.25) is 0 Å². The molecular formula is C14H14N2O5. The molecule has 0 amide bonds. The second-order valence-corrected chi connectivity index (χ2v) is 4.14. The molecule has 0 saturated heterocycles. The van der Waals surface area contributed by atoms with Crippen molar-refractivity contribution in [3.63, 3.8) is 0 Å². The van der Waals surface area contributed by atoms with Crippen LogP contribution >= 0.6 is 0 Å². The van der Waals surface area contributed by atoms with Gasteiger partial charge in [0.2, 0.25) is 5.75 Å². The molecule has 1 aromatic carbocycles. The van der Waals surface area contributed by atoms with Crippen molar-refractivity contribution >= 4 is 5.69 Å². The number of hydrogen-bond donors (Lipinski definition) is 1. The van der Waals surface area contributed by atoms with Gasteiger partial charge >= 0.3 is 5.69 Å². The maximum absolute atomic E-state index is 11.2. The summed E-state index contributed by atoms with van der Waals surface area (Å²) < 4.78 is 10.2. The lowest BCUT2D eigenvalue weighted by Crippen LogP contribution is -1.99. The van der Waals surface area contributed by atoms with Gasteiger partial charge in [-0.25, -0.2) is 0 Å². The van der Waals surface area contributed by atoms with E-state index in [1.165, 1.54) is 20.3 Å². The molecule has 0 atom stereocenters. The number of nitrogens with zero attached hydrogens (tertiary/aromatic N) is 2. The summed E-state index contributed by atoms with van der Waals surface area (Å²) in [5.41, 5.74) is 1.35. The minimum absolute atomic E-state index is 0.0562. The van der Waals surface area contributed by atoms with Crippen LogP contribution in [-0.2, 0) is 6.61 Å². The maximum Gasteiger partial charge on any atom is 0.315 e. The van der Waals surface area contributed by atoms with Crippen molar-refractivity contribution in [2.75, 3.05) is 14.2 Å². The summed E-state index contributed by atoms with van der Waals surface area (Å²) in [7, 11) is 2.75. The number of nitro benzene ring substituents is 1. The summed E-state index contributed by atoms with van der Waals surface area (Å²) in [4.78, 5) is 14.7. The van der Waals surface area contributed by atoms with Crippen LogP contribution in [0.25, 0.3) is 11.1 Å². The Hall–Kier alpha value is -2.67. The highest BCUT2D eigenvalue weighted by Gasteiger charge is 2.22. The van der Waals surface area contributed by atoms with Crippen LogP contribution in [0.3, 0.4) is 0 Å². The van der Waals surface area contributed by atoms with Crippen molar-refractivity contribution in [3.8, 4) is 22.6 Å². The van der Waals surface area contributed by atoms with Crippen molar-refractivity contribution in [3.05, 3.63) is 46.3 Å². The van der Waals surface area contributed by atoms with E-state index in [-0.39, 0.29) is 23.8 Å². The Labute approximate surface area is 120 Å². The van der Waals surface area contributed by atoms with E-state index in [1.807, 2.05) is 0 Å². The zero-order chi connectivity index (χ0) is 15.4. The zero-order valence-corrected chi connectivity index (χ0v) is 11.6. The van der Waals surface area contributed by atoms with Crippen LogP contribution in [-0.4, -0.2) is 29.2 Å². The molecule has 0 fully saturated rings. The monoisotopic (exact) mass is 290 g/mol. The Balaban J connectivity index is 2.70. The molecule has 110 valence electrons. The molecule has 0 aliphatic heterocycles. The first-order chi connectivity index (χ1) is 10.1. The normalized spacial score (nSPS) is 10.2. The fourth-order valence-corrected chi connectivity index (χ4v) is 2.06. The number of aliphatic hydroxyl groups excluding tert-OH is 1. The maximum atomic E-state index is 11.2. The highest BCUT2D eigenvalue weighted by molar-refractivity contribution is 5.74. The number of pyridine rings is 1. The van der Waals surface area contributed by atoms with Gasteiger partial charge in [0.1, 0.15) is 0 Å². The first kappa shape index (κ1) is 14.7. The van der Waals surface area contributed by atoms with Gasteiger partial charge in [-0.1, -0.05) is 6.07 Å². The molecular weight excluding hydrogens is 276 g/mol. The van der Waals surface area contributed by atoms with Crippen molar-refractivity contribution in [2.24, 2.45) is 0 Å². The zero-order valence-electron chi connectivity index (χ0n) is 11.6. The highest BCUT2D eigenvalue weighted by atomic mass is 16.6. The van der Waals surface area contributed by atoms with Gasteiger partial charge in [0.25, 0.3) is 0 Å². The van der Waals surface area contributed by atoms with Gasteiger partial charge in [0.15, 0.2) is 5.75 Å². The smallest absolute Gasteiger partial charge is 0.315 e. The standard InChI is InChI=1S/C14H14N2O5/c1-20-13-7-9(6-12(16(18)19)14(13)21-2)10-4-3-5-15-11(10)8-17/h3-7,17H,8H2,1-2H3. The summed E-state index contributed by atoms with van der Waals surface area (Å²) in [6.45, 7) is -0.266. The van der Waals surface area contributed by atoms with Gasteiger partial charge in [-0.2, -0.15) is 0 Å². The lowest BCUT2D eigenvalue weighted by Gasteiger charge is -2.12. The molecule has 0 spiro atoms. The molecule has 7 nitrogen and oxygen atoms in total. The number of aromatic nitrogens is 1. The number of methoxy groups -OCH3 is 2. The van der Waals surface area contributed by atoms with Gasteiger partial charge in [-0.3, -0.25) is 15.1 Å². The Morgan fingerprint density at radius 2 is 2.10 bits per heavy atom. The van der Waals surface area contributed by atoms with E-state index >= 15 is 0 Å². The SMILES string of the molecule is COc1cc(-c2cccnc2CO)cc([N+](=O)[O-])c1OC. The van der Waals surface area contributed by atoms with Crippen LogP contribution in [0.4, 0.5) is 5.69 Å². The molecule has 0 unspecified atom stereocenters. The number of aliphatic hydroxyl groups is 1. The van der Waals surface area contributed by atoms with E-state index in [4.69, 9.17) is 9.47 Å². The molecule has 0 bridgehead atoms. The van der Waals surface area contributed by atoms with Gasteiger partial charge in [0.05, 0.1) is 31.4 Å². The summed E-state index contributed by atoms with van der Waals surface area (Å²) in [6, 6.07) is 6.40. The van der Waals surface area contributed by atoms with E-state index in [1.54, 1.807) is 24.4 Å². The van der Waals surface area contributed by atoms with E-state index < -0.39 is 4.92 Å². The average Bonchev–Trinajstić information content (AvgIpc) is 2.53. The molecule has 2 rings (SSSR count). The Kier molecular flexibility index (Phi) is 4.34. The molecule has 1 heterocycles. The van der Waals surface area contributed by atoms with Gasteiger partial charge < -0.3 is 14.6 Å². The summed E-state index contributed by atoms with van der Waals surface area (Å²) in [6.07, 6.45) is 1.55. The van der Waals surface area contributed by atoms with Crippen molar-refractivity contribution in [1.29, 1.82) is 0 Å². The van der Waals surface area contributed by atoms with Gasteiger partial charge in [0, 0.05) is 17.8 Å². The van der Waals surface area contributed by atoms with Crippen LogP contribution in [0.5, 0.6) is 11.5 Å². The minimum Gasteiger partial charge on any atom is -0.493 e. The molecule has 2 aromatic rings. The van der Waals surface area contributed by atoms with Crippen molar-refractivity contribution < 1.29 is 19.5 Å². The Bertz CT molecular complexity index is 672. The van der Waals surface area contributed by atoms with Crippen molar-refractivity contribution in [2.45, 2.75) is 6.61 Å². The predicted molar refractivity (Wildman–Crippen MR) is 75.4 cm³/mol. The molecule has 0 radical (unpaired) electrons. The van der Waals surface area contributed by atoms with E-state index in [0.717, 1.165) is 0 Å². The molecule has 21 heavy (non-hydrogen) atoms. The van der Waals surface area contributed by atoms with E-state index in [9.17, 15) is 15.2 Å². The lowest BCUT2D eigenvalue weighted by molar-refractivity contribution is -0.385. The number of rotatable bonds is 5. The molecule has 1 N–H and O–H groups in total. The molecule has 1 aromatic heterocycles. The third kappa shape index (κ3) is 2.77. The third-order valence-electron chi connectivity index (χ3n) is 3.01. The number of benzene rings is 1. The number of ether oxygens (including phenoxy) is 2. The van der Waals surface area contributed by atoms with Crippen molar-refractivity contribution in [1.82, 2.24) is 4.98 Å². The van der Waals surface area contributed by atoms with Crippen LogP contribution < -0.4 is 9.47 Å². The summed E-state index contributed by atoms with van der Waals surface area (Å²) in [5.74, 6) is 0.301. The first-order valence-corrected chi connectivity index (χ1v) is 6.08. The van der Waals surface area contributed by atoms with Crippen LogP contribution in [0.1, 0.15) is 5.69 Å². The van der Waals surface area contributed by atoms with Gasteiger partial charge in [-0.05, 0) is 17.7 Å². The highest BCUT2D eigenvalue weighted by Crippen LogP contribution is 2.41. The quantitative estimate of drug-likeness (QED) is 0.669. The summed E-state index contributed by atoms with van der Waals surface area (Å²) >= 11 is 0. The summed E-state index contributed by atoms with van der Waals surface area (Å²) in [5, 5.41) is 20.5. The van der Waals surface area contributed by atoms with E-state index in [2.05, 4.69) is 4.98 Å². The fourth-order valence-electron chi connectivity index (χ4n) is 2.06.